The molecule has 3 N–H and O–H groups in total. The average Bonchev–Trinajstić information content (AvgIpc) is 2.16. The Morgan fingerprint density at radius 2 is 2.14 bits per heavy atom. The molecule has 0 aliphatic rings. The second kappa shape index (κ2) is 4.73. The molecule has 4 heteroatoms. The first-order valence-corrected chi connectivity index (χ1v) is 4.96. The lowest BCUT2D eigenvalue weighted by molar-refractivity contribution is 0.125. The van der Waals surface area contributed by atoms with E-state index < -0.39 is 6.10 Å². The van der Waals surface area contributed by atoms with Crippen molar-refractivity contribution in [3.05, 3.63) is 29.0 Å². The van der Waals surface area contributed by atoms with Crippen LogP contribution in [0.5, 0.6) is 0 Å². The van der Waals surface area contributed by atoms with Gasteiger partial charge in [-0.2, -0.15) is 0 Å². The smallest absolute Gasteiger partial charge is 0.134 e. The second-order valence-corrected chi connectivity index (χ2v) is 4.01. The van der Waals surface area contributed by atoms with Crippen molar-refractivity contribution in [1.29, 1.82) is 0 Å². The highest BCUT2D eigenvalue weighted by molar-refractivity contribution is 6.30. The van der Waals surface area contributed by atoms with Gasteiger partial charge in [-0.3, -0.25) is 0 Å². The van der Waals surface area contributed by atoms with Crippen LogP contribution < -0.4 is 5.73 Å². The highest BCUT2D eigenvalue weighted by Crippen LogP contribution is 2.24. The van der Waals surface area contributed by atoms with Gasteiger partial charge < -0.3 is 10.8 Å². The summed E-state index contributed by atoms with van der Waals surface area (Å²) in [5.74, 6) is 0.196. The van der Waals surface area contributed by atoms with Crippen molar-refractivity contribution in [2.75, 3.05) is 0 Å². The Balaban J connectivity index is 2.89. The Kier molecular flexibility index (Phi) is 3.86. The minimum atomic E-state index is -0.754. The van der Waals surface area contributed by atoms with E-state index in [4.69, 9.17) is 17.3 Å². The molecule has 0 bridgehead atoms. The lowest BCUT2D eigenvalue weighted by Crippen LogP contribution is -2.33. The Bertz CT molecular complexity index is 304. The van der Waals surface area contributed by atoms with Crippen molar-refractivity contribution >= 4 is 11.6 Å². The largest absolute Gasteiger partial charge is 0.387 e. The maximum atomic E-state index is 9.89. The minimum absolute atomic E-state index is 0.196. The van der Waals surface area contributed by atoms with Gasteiger partial charge in [-0.05, 0) is 12.0 Å². The summed E-state index contributed by atoms with van der Waals surface area (Å²) in [6, 6.07) is 3.15. The Hall–Kier alpha value is -0.640. The maximum absolute atomic E-state index is 9.89. The van der Waals surface area contributed by atoms with Crippen LogP contribution in [0.4, 0.5) is 0 Å². The number of halogens is 1. The number of aromatic nitrogens is 1. The molecular formula is C10H15ClN2O. The van der Waals surface area contributed by atoms with E-state index in [-0.39, 0.29) is 12.0 Å². The lowest BCUT2D eigenvalue weighted by Gasteiger charge is -2.22. The number of hydrogen-bond acceptors (Lipinski definition) is 3. The molecule has 1 heterocycles. The summed E-state index contributed by atoms with van der Waals surface area (Å²) in [6.45, 7) is 3.91. The molecule has 3 nitrogen and oxygen atoms in total. The molecule has 0 aliphatic heterocycles. The van der Waals surface area contributed by atoms with Crippen molar-refractivity contribution in [1.82, 2.24) is 4.98 Å². The zero-order chi connectivity index (χ0) is 10.7. The third-order valence-electron chi connectivity index (χ3n) is 2.24. The number of aliphatic hydroxyl groups is 1. The number of nitrogens with two attached hydrogens (primary N) is 1. The van der Waals surface area contributed by atoms with Gasteiger partial charge in [0.1, 0.15) is 5.15 Å². The van der Waals surface area contributed by atoms with E-state index in [1.807, 2.05) is 13.8 Å². The van der Waals surface area contributed by atoms with Gasteiger partial charge in [-0.25, -0.2) is 4.98 Å². The van der Waals surface area contributed by atoms with E-state index in [0.29, 0.717) is 10.7 Å². The van der Waals surface area contributed by atoms with Crippen LogP contribution in [0.3, 0.4) is 0 Å². The molecule has 78 valence electrons. The van der Waals surface area contributed by atoms with Crippen molar-refractivity contribution in [2.45, 2.75) is 26.0 Å². The molecule has 0 fully saturated rings. The van der Waals surface area contributed by atoms with Crippen LogP contribution in [0.2, 0.25) is 5.15 Å². The molecule has 0 spiro atoms. The van der Waals surface area contributed by atoms with E-state index in [0.717, 1.165) is 0 Å². The quantitative estimate of drug-likeness (QED) is 0.754. The van der Waals surface area contributed by atoms with Gasteiger partial charge in [0, 0.05) is 17.8 Å². The first-order valence-electron chi connectivity index (χ1n) is 4.58. The standard InChI is InChI=1S/C10H15ClN2O/c1-6(2)8(12)9(14)7-4-3-5-13-10(7)11/h3-6,8-9,14H,12H2,1-2H3/t8-,9-/m0/s1. The average molecular weight is 215 g/mol. The predicted octanol–water partition coefficient (Wildman–Crippen LogP) is 1.75. The van der Waals surface area contributed by atoms with E-state index in [1.165, 1.54) is 0 Å². The zero-order valence-electron chi connectivity index (χ0n) is 8.31. The highest BCUT2D eigenvalue weighted by atomic mass is 35.5. The molecule has 0 aliphatic carbocycles. The van der Waals surface area contributed by atoms with Crippen molar-refractivity contribution in [3.8, 4) is 0 Å². The van der Waals surface area contributed by atoms with Gasteiger partial charge in [0.15, 0.2) is 0 Å². The molecular weight excluding hydrogens is 200 g/mol. The van der Waals surface area contributed by atoms with Gasteiger partial charge in [0.25, 0.3) is 0 Å². The van der Waals surface area contributed by atoms with Crippen LogP contribution in [0.1, 0.15) is 25.5 Å². The first kappa shape index (κ1) is 11.4. The number of hydrogen-bond donors (Lipinski definition) is 2. The lowest BCUT2D eigenvalue weighted by atomic mass is 9.95. The monoisotopic (exact) mass is 214 g/mol. The van der Waals surface area contributed by atoms with Gasteiger partial charge in [0.2, 0.25) is 0 Å². The Labute approximate surface area is 88.9 Å². The van der Waals surface area contributed by atoms with Gasteiger partial charge in [-0.1, -0.05) is 31.5 Å². The third kappa shape index (κ3) is 2.44. The topological polar surface area (TPSA) is 59.1 Å². The summed E-state index contributed by atoms with van der Waals surface area (Å²) in [5, 5.41) is 10.2. The molecule has 0 saturated heterocycles. The summed E-state index contributed by atoms with van der Waals surface area (Å²) in [6.07, 6.45) is 0.829. The summed E-state index contributed by atoms with van der Waals surface area (Å²) in [7, 11) is 0. The van der Waals surface area contributed by atoms with E-state index in [1.54, 1.807) is 18.3 Å². The summed E-state index contributed by atoms with van der Waals surface area (Å²) >= 11 is 5.84. The van der Waals surface area contributed by atoms with Crippen LogP contribution in [0.25, 0.3) is 0 Å². The summed E-state index contributed by atoms with van der Waals surface area (Å²) in [5.41, 5.74) is 6.42. The third-order valence-corrected chi connectivity index (χ3v) is 2.56. The molecule has 0 radical (unpaired) electrons. The number of rotatable bonds is 3. The normalized spacial score (nSPS) is 15.6. The fourth-order valence-electron chi connectivity index (χ4n) is 1.19. The number of pyridine rings is 1. The van der Waals surface area contributed by atoms with Gasteiger partial charge in [0.05, 0.1) is 6.10 Å². The van der Waals surface area contributed by atoms with Crippen LogP contribution >= 0.6 is 11.6 Å². The highest BCUT2D eigenvalue weighted by Gasteiger charge is 2.22. The first-order chi connectivity index (χ1) is 6.54. The van der Waals surface area contributed by atoms with Crippen molar-refractivity contribution in [3.63, 3.8) is 0 Å². The van der Waals surface area contributed by atoms with Crippen LogP contribution in [0.15, 0.2) is 18.3 Å². The molecule has 1 aromatic rings. The van der Waals surface area contributed by atoms with Crippen molar-refractivity contribution < 1.29 is 5.11 Å². The van der Waals surface area contributed by atoms with Gasteiger partial charge in [-0.15, -0.1) is 0 Å². The number of nitrogens with zero attached hydrogens (tertiary/aromatic N) is 1. The van der Waals surface area contributed by atoms with Crippen LogP contribution in [-0.2, 0) is 0 Å². The summed E-state index contributed by atoms with van der Waals surface area (Å²) < 4.78 is 0. The Morgan fingerprint density at radius 3 is 2.64 bits per heavy atom. The predicted molar refractivity (Wildman–Crippen MR) is 57.0 cm³/mol. The Morgan fingerprint density at radius 1 is 1.50 bits per heavy atom. The fourth-order valence-corrected chi connectivity index (χ4v) is 1.42. The summed E-state index contributed by atoms with van der Waals surface area (Å²) in [4.78, 5) is 3.89. The molecule has 0 aromatic carbocycles. The SMILES string of the molecule is CC(C)[C@H](N)[C@@H](O)c1cccnc1Cl. The van der Waals surface area contributed by atoms with Crippen molar-refractivity contribution in [2.24, 2.45) is 11.7 Å². The maximum Gasteiger partial charge on any atom is 0.134 e. The van der Waals surface area contributed by atoms with Crippen LogP contribution in [-0.4, -0.2) is 16.1 Å². The zero-order valence-corrected chi connectivity index (χ0v) is 9.07. The van der Waals surface area contributed by atoms with E-state index >= 15 is 0 Å². The van der Waals surface area contributed by atoms with E-state index in [2.05, 4.69) is 4.98 Å². The number of aliphatic hydroxyl groups excluding tert-OH is 1. The molecule has 1 aromatic heterocycles. The second-order valence-electron chi connectivity index (χ2n) is 3.65. The molecule has 0 amide bonds. The van der Waals surface area contributed by atoms with E-state index in [9.17, 15) is 5.11 Å². The van der Waals surface area contributed by atoms with Gasteiger partial charge >= 0.3 is 0 Å². The molecule has 1 rings (SSSR count). The molecule has 14 heavy (non-hydrogen) atoms. The fraction of sp³-hybridized carbons (Fsp3) is 0.500. The minimum Gasteiger partial charge on any atom is -0.387 e. The molecule has 0 unspecified atom stereocenters. The molecule has 2 atom stereocenters. The van der Waals surface area contributed by atoms with Crippen LogP contribution in [0, 0.1) is 5.92 Å². The molecule has 0 saturated carbocycles.